The Bertz CT molecular complexity index is 3630. The number of esters is 1. The molecule has 0 spiro atoms. The van der Waals surface area contributed by atoms with Gasteiger partial charge in [-0.1, -0.05) is 50.1 Å². The number of thioether (sulfide) groups is 1. The zero-order valence-corrected chi connectivity index (χ0v) is 64.2. The summed E-state index contributed by atoms with van der Waals surface area (Å²) < 4.78 is 32.6. The molecule has 2 aliphatic carbocycles. The SMILES string of the molecule is CO[C@H]1C[C@@H](C)C/C(C)=C/[C@@H](CCCSCCC(=O)NCCN2CCN(c3ccc(-c4cc(C(=O)CCC5=C(C)C=C(C)CC5=O)c5c(C)cn(C(C)C)c5c4)cn3)CC2)C(=O)C[C@H](O)[C@@H](C)[C@@H](/C(C)=C/[C@@H]2CC[C@@H](O)[C@H](OC)C2)OC(=O)[C@@H]2CCCCN2C(=O)C(=O)[C@]2(O)O[C@H]1[C@@H](OC)C[C@H]2C. The fourth-order valence-corrected chi connectivity index (χ4v) is 17.5. The fraction of sp³-hybridized carbons (Fsp3) is 0.654. The van der Waals surface area contributed by atoms with Gasteiger partial charge in [-0.25, -0.2) is 9.78 Å². The van der Waals surface area contributed by atoms with Crippen molar-refractivity contribution in [2.75, 3.05) is 83.5 Å². The normalized spacial score (nSPS) is 30.0. The number of Topliss-reactive ketones (excluding diaryl/α,β-unsaturated/α-hetero) is 4. The van der Waals surface area contributed by atoms with Crippen LogP contribution in [0.2, 0.25) is 0 Å². The predicted molar refractivity (Wildman–Crippen MR) is 401 cm³/mol. The quantitative estimate of drug-likeness (QED) is 0.0239. The minimum absolute atomic E-state index is 0.0172. The number of hydrogen-bond donors (Lipinski definition) is 4. The second-order valence-electron chi connectivity index (χ2n) is 30.7. The third-order valence-electron chi connectivity index (χ3n) is 22.6. The first kappa shape index (κ1) is 80.9. The molecule has 0 unspecified atom stereocenters. The smallest absolute Gasteiger partial charge is 0.329 e. The summed E-state index contributed by atoms with van der Waals surface area (Å²) in [4.78, 5) is 110. The van der Waals surface area contributed by atoms with Gasteiger partial charge < -0.3 is 58.7 Å². The van der Waals surface area contributed by atoms with Gasteiger partial charge in [0.2, 0.25) is 11.7 Å². The van der Waals surface area contributed by atoms with Crippen molar-refractivity contribution in [2.45, 2.75) is 233 Å². The minimum Gasteiger partial charge on any atom is -0.456 e. The third-order valence-corrected chi connectivity index (χ3v) is 23.6. The van der Waals surface area contributed by atoms with Crippen molar-refractivity contribution in [2.24, 2.45) is 29.6 Å². The molecule has 9 rings (SSSR count). The highest BCUT2D eigenvalue weighted by Gasteiger charge is 2.57. The molecule has 0 radical (unpaired) electrons. The van der Waals surface area contributed by atoms with E-state index in [1.54, 1.807) is 32.7 Å². The Morgan fingerprint density at radius 3 is 2.25 bits per heavy atom. The summed E-state index contributed by atoms with van der Waals surface area (Å²) in [6, 6.07) is 7.28. The number of ketones is 4. The number of amides is 2. The molecule has 1 saturated carbocycles. The van der Waals surface area contributed by atoms with E-state index >= 15 is 0 Å². The summed E-state index contributed by atoms with van der Waals surface area (Å²) in [5.74, 6) is -5.83. The molecule has 566 valence electrons. The van der Waals surface area contributed by atoms with Crippen LogP contribution in [0.5, 0.6) is 0 Å². The van der Waals surface area contributed by atoms with Gasteiger partial charge in [0.1, 0.15) is 29.9 Å². The number of ether oxygens (including phenoxy) is 5. The highest BCUT2D eigenvalue weighted by molar-refractivity contribution is 7.99. The van der Waals surface area contributed by atoms with Gasteiger partial charge in [-0.05, 0) is 195 Å². The second-order valence-corrected chi connectivity index (χ2v) is 32.0. The monoisotopic (exact) mass is 1440 g/mol. The number of cyclic esters (lactones) is 1. The molecule has 3 saturated heterocycles. The molecule has 4 N–H and O–H groups in total. The highest BCUT2D eigenvalue weighted by atomic mass is 32.2. The lowest BCUT2D eigenvalue weighted by Crippen LogP contribution is -2.64. The molecule has 103 heavy (non-hydrogen) atoms. The molecule has 1 aromatic carbocycles. The molecular weight excluding hydrogens is 1330 g/mol. The maximum atomic E-state index is 14.8. The van der Waals surface area contributed by atoms with E-state index in [-0.39, 0.29) is 73.4 Å². The number of aryl methyl sites for hydroxylation is 1. The maximum Gasteiger partial charge on any atom is 0.329 e. The van der Waals surface area contributed by atoms with Crippen molar-refractivity contribution in [1.29, 1.82) is 0 Å². The number of aromatic nitrogens is 2. The van der Waals surface area contributed by atoms with E-state index in [2.05, 4.69) is 77.9 Å². The van der Waals surface area contributed by atoms with E-state index in [1.807, 2.05) is 52.1 Å². The number of fused-ring (bicyclic) bond motifs is 4. The first-order chi connectivity index (χ1) is 49.1. The molecule has 4 fully saturated rings. The Balaban J connectivity index is 0.797. The van der Waals surface area contributed by atoms with Crippen LogP contribution >= 0.6 is 11.8 Å². The minimum atomic E-state index is -2.56. The Hall–Kier alpha value is -6.21. The van der Waals surface area contributed by atoms with Gasteiger partial charge in [-0.2, -0.15) is 11.8 Å². The van der Waals surface area contributed by atoms with Gasteiger partial charge in [0.15, 0.2) is 11.6 Å². The summed E-state index contributed by atoms with van der Waals surface area (Å²) >= 11 is 1.66. The number of piperidine rings is 1. The summed E-state index contributed by atoms with van der Waals surface area (Å²) in [5.41, 5.74) is 8.85. The Morgan fingerprint density at radius 2 is 1.56 bits per heavy atom. The van der Waals surface area contributed by atoms with Crippen LogP contribution in [0.3, 0.4) is 0 Å². The average molecular weight is 1450 g/mol. The summed E-state index contributed by atoms with van der Waals surface area (Å²) in [6.07, 6.45) is 10.9. The van der Waals surface area contributed by atoms with Crippen molar-refractivity contribution in [3.63, 3.8) is 0 Å². The number of hydrogen-bond acceptors (Lipinski definition) is 19. The maximum absolute atomic E-state index is 14.8. The number of rotatable bonds is 22. The number of carbonyl (C=O) groups is 7. The highest BCUT2D eigenvalue weighted by Crippen LogP contribution is 2.41. The fourth-order valence-electron chi connectivity index (χ4n) is 16.5. The first-order valence-corrected chi connectivity index (χ1v) is 38.9. The number of carbonyl (C=O) groups excluding carboxylic acids is 7. The van der Waals surface area contributed by atoms with Gasteiger partial charge in [-0.15, -0.1) is 0 Å². The van der Waals surface area contributed by atoms with Crippen molar-refractivity contribution in [3.8, 4) is 11.1 Å². The third kappa shape index (κ3) is 20.1. The van der Waals surface area contributed by atoms with Crippen LogP contribution in [-0.4, -0.2) is 209 Å². The number of methoxy groups -OCH3 is 3. The van der Waals surface area contributed by atoms with E-state index < -0.39 is 90.0 Å². The molecule has 4 aliphatic heterocycles. The van der Waals surface area contributed by atoms with Crippen LogP contribution < -0.4 is 10.2 Å². The van der Waals surface area contributed by atoms with E-state index in [0.29, 0.717) is 113 Å². The Morgan fingerprint density at radius 1 is 0.835 bits per heavy atom. The van der Waals surface area contributed by atoms with Crippen LogP contribution in [0.1, 0.15) is 187 Å². The Labute approximate surface area is 614 Å². The average Bonchev–Trinajstić information content (AvgIpc) is 1.75. The summed E-state index contributed by atoms with van der Waals surface area (Å²) in [7, 11) is 4.62. The van der Waals surface area contributed by atoms with Crippen molar-refractivity contribution in [3.05, 3.63) is 93.9 Å². The van der Waals surface area contributed by atoms with E-state index in [4.69, 9.17) is 28.7 Å². The van der Waals surface area contributed by atoms with Gasteiger partial charge in [0.05, 0.1) is 30.5 Å². The van der Waals surface area contributed by atoms with Gasteiger partial charge in [0, 0.05) is 157 Å². The predicted octanol–water partition coefficient (Wildman–Crippen LogP) is 11.0. The molecule has 6 aliphatic rings. The molecule has 2 bridgehead atoms. The van der Waals surface area contributed by atoms with Gasteiger partial charge in [-0.3, -0.25) is 33.7 Å². The largest absolute Gasteiger partial charge is 0.456 e. The molecule has 2 aromatic heterocycles. The summed E-state index contributed by atoms with van der Waals surface area (Å²) in [5, 5.41) is 39.2. The number of anilines is 1. The zero-order valence-electron chi connectivity index (χ0n) is 63.3. The van der Waals surface area contributed by atoms with Gasteiger partial charge >= 0.3 is 5.97 Å². The molecule has 6 heterocycles. The van der Waals surface area contributed by atoms with E-state index in [1.165, 1.54) is 19.1 Å². The number of nitrogens with one attached hydrogen (secondary N) is 1. The first-order valence-electron chi connectivity index (χ1n) is 37.8. The molecular formula is C81H116N6O15S. The summed E-state index contributed by atoms with van der Waals surface area (Å²) in [6.45, 7) is 24.0. The van der Waals surface area contributed by atoms with Crippen LogP contribution in [-0.2, 0) is 52.5 Å². The number of aliphatic hydroxyl groups excluding tert-OH is 2. The number of benzene rings is 1. The van der Waals surface area contributed by atoms with Crippen LogP contribution in [0.4, 0.5) is 5.82 Å². The molecule has 14 atom stereocenters. The molecule has 21 nitrogen and oxygen atoms in total. The lowest BCUT2D eigenvalue weighted by Gasteiger charge is -2.47. The van der Waals surface area contributed by atoms with Gasteiger partial charge in [0.25, 0.3) is 11.7 Å². The molecule has 3 aromatic rings. The number of allylic oxidation sites excluding steroid dienone is 7. The molecule has 22 heteroatoms. The topological polar surface area (TPSA) is 266 Å². The standard InChI is InChI=1S/C81H116N6O15S/c1-48(2)87-47-54(8)75-62(65(88)23-21-61-52(6)36-51(5)38-69(61)92)43-60(44-64(75)87)59-20-24-73(83-46-59)85-31-29-84(30-32-85)28-26-82-74(93)25-34-103-33-16-17-58-37-49(3)35-50(4)39-71(99-12)77-72(100-13)41-55(9)81(97,102-77)78(94)79(95)86-27-15-14-18-63(86)80(96)101-76(56(10)67(90)45-68(58)91)53(7)40-57-19-22-66(89)70(42-57)98-11/h20,24,36-37,40,43-44,46-48,50,55-58,63,66-67,70-72,76-77,89-90,97H,14-19,21-23,25-35,38-39,41-42,45H2,1-13H3,(H,82,93)/b49-37+,53-40+/t50-,55+,56+,57-,58+,63-,66+,67-,70+,71-,72-,76+,77+,81+/m0/s1. The van der Waals surface area contributed by atoms with Crippen LogP contribution in [0.15, 0.2) is 82.8 Å². The number of aliphatic hydroxyl groups is 3. The lowest BCUT2D eigenvalue weighted by molar-refractivity contribution is -0.302. The second kappa shape index (κ2) is 36.9. The van der Waals surface area contributed by atoms with E-state index in [9.17, 15) is 48.9 Å². The number of nitrogens with zero attached hydrogens (tertiary/aromatic N) is 5. The van der Waals surface area contributed by atoms with Crippen molar-refractivity contribution in [1.82, 2.24) is 24.7 Å². The van der Waals surface area contributed by atoms with Crippen LogP contribution in [0.25, 0.3) is 22.0 Å². The van der Waals surface area contributed by atoms with E-state index in [0.717, 1.165) is 81.9 Å². The number of pyridine rings is 1. The van der Waals surface area contributed by atoms with Crippen molar-refractivity contribution >= 4 is 69.4 Å². The zero-order chi connectivity index (χ0) is 74.6. The molecule has 2 amide bonds. The lowest BCUT2D eigenvalue weighted by atomic mass is 9.81. The van der Waals surface area contributed by atoms with Crippen LogP contribution in [0, 0.1) is 36.5 Å². The number of piperazine rings is 1. The van der Waals surface area contributed by atoms with Crippen molar-refractivity contribution < 1.29 is 72.6 Å². The Kier molecular flexibility index (Phi) is 29.0.